The first-order valence-corrected chi connectivity index (χ1v) is 7.90. The summed E-state index contributed by atoms with van der Waals surface area (Å²) < 4.78 is 11.0. The van der Waals surface area contributed by atoms with Crippen molar-refractivity contribution in [3.05, 3.63) is 22.7 Å². The highest BCUT2D eigenvalue weighted by Crippen LogP contribution is 2.37. The summed E-state index contributed by atoms with van der Waals surface area (Å²) in [4.78, 5) is 0. The van der Waals surface area contributed by atoms with E-state index in [0.717, 1.165) is 18.4 Å². The van der Waals surface area contributed by atoms with Crippen molar-refractivity contribution in [1.82, 2.24) is 0 Å². The minimum Gasteiger partial charge on any atom is -0.493 e. The maximum Gasteiger partial charge on any atom is 0.179 e. The van der Waals surface area contributed by atoms with E-state index in [4.69, 9.17) is 26.3 Å². The molecule has 0 unspecified atom stereocenters. The van der Waals surface area contributed by atoms with Gasteiger partial charge >= 0.3 is 0 Å². The number of benzene rings is 1. The number of hydrogen-bond acceptors (Lipinski definition) is 3. The summed E-state index contributed by atoms with van der Waals surface area (Å²) in [6, 6.07) is 6.03. The van der Waals surface area contributed by atoms with Crippen LogP contribution in [0.15, 0.2) is 12.1 Å². The van der Waals surface area contributed by atoms with Crippen molar-refractivity contribution >= 4 is 27.5 Å². The SMILES string of the molecule is COc1cc(CBr)cc(Cl)c1OCCCC(C)(C)C#N. The van der Waals surface area contributed by atoms with Gasteiger partial charge in [-0.05, 0) is 44.4 Å². The highest BCUT2D eigenvalue weighted by Gasteiger charge is 2.17. The molecule has 20 heavy (non-hydrogen) atoms. The van der Waals surface area contributed by atoms with Crippen LogP contribution in [0.1, 0.15) is 32.3 Å². The van der Waals surface area contributed by atoms with Crippen molar-refractivity contribution in [1.29, 1.82) is 5.26 Å². The van der Waals surface area contributed by atoms with Gasteiger partial charge in [0.25, 0.3) is 0 Å². The lowest BCUT2D eigenvalue weighted by Crippen LogP contribution is -2.10. The number of alkyl halides is 1. The number of methoxy groups -OCH3 is 1. The molecular weight excluding hydrogens is 342 g/mol. The summed E-state index contributed by atoms with van der Waals surface area (Å²) in [6.07, 6.45) is 1.57. The maximum atomic E-state index is 8.96. The number of rotatable bonds is 7. The van der Waals surface area contributed by atoms with Crippen LogP contribution in [-0.2, 0) is 5.33 Å². The average molecular weight is 361 g/mol. The van der Waals surface area contributed by atoms with E-state index in [-0.39, 0.29) is 5.41 Å². The Morgan fingerprint density at radius 1 is 1.40 bits per heavy atom. The van der Waals surface area contributed by atoms with Crippen molar-refractivity contribution in [3.8, 4) is 17.6 Å². The van der Waals surface area contributed by atoms with Crippen LogP contribution in [-0.4, -0.2) is 13.7 Å². The van der Waals surface area contributed by atoms with Gasteiger partial charge in [0, 0.05) is 5.33 Å². The van der Waals surface area contributed by atoms with Gasteiger partial charge in [0.2, 0.25) is 0 Å². The third-order valence-corrected chi connectivity index (χ3v) is 3.87. The molecular formula is C15H19BrClNO2. The van der Waals surface area contributed by atoms with Crippen molar-refractivity contribution in [2.45, 2.75) is 32.0 Å². The lowest BCUT2D eigenvalue weighted by molar-refractivity contribution is 0.270. The summed E-state index contributed by atoms with van der Waals surface area (Å²) in [5.74, 6) is 1.19. The zero-order valence-corrected chi connectivity index (χ0v) is 14.3. The number of nitrogens with zero attached hydrogens (tertiary/aromatic N) is 1. The van der Waals surface area contributed by atoms with Crippen LogP contribution in [0.5, 0.6) is 11.5 Å². The molecule has 1 aromatic carbocycles. The number of halogens is 2. The van der Waals surface area contributed by atoms with E-state index in [0.29, 0.717) is 28.5 Å². The fraction of sp³-hybridized carbons (Fsp3) is 0.533. The lowest BCUT2D eigenvalue weighted by atomic mass is 9.90. The Kier molecular flexibility index (Phi) is 6.64. The van der Waals surface area contributed by atoms with Crippen molar-refractivity contribution in [3.63, 3.8) is 0 Å². The minimum atomic E-state index is -0.322. The molecule has 1 rings (SSSR count). The van der Waals surface area contributed by atoms with Crippen molar-refractivity contribution < 1.29 is 9.47 Å². The molecule has 0 aliphatic heterocycles. The van der Waals surface area contributed by atoms with Crippen LogP contribution in [0, 0.1) is 16.7 Å². The molecule has 0 atom stereocenters. The third kappa shape index (κ3) is 4.88. The van der Waals surface area contributed by atoms with Gasteiger partial charge in [-0.25, -0.2) is 0 Å². The Balaban J connectivity index is 2.67. The van der Waals surface area contributed by atoms with Gasteiger partial charge in [-0.2, -0.15) is 5.26 Å². The minimum absolute atomic E-state index is 0.322. The standard InChI is InChI=1S/C15H19BrClNO2/c1-15(2,10-18)5-4-6-20-14-12(17)7-11(9-16)8-13(14)19-3/h7-8H,4-6,9H2,1-3H3. The van der Waals surface area contributed by atoms with Gasteiger partial charge in [0.1, 0.15) is 0 Å². The second kappa shape index (κ2) is 7.75. The normalized spacial score (nSPS) is 11.0. The largest absolute Gasteiger partial charge is 0.493 e. The highest BCUT2D eigenvalue weighted by molar-refractivity contribution is 9.08. The van der Waals surface area contributed by atoms with Gasteiger partial charge in [-0.15, -0.1) is 0 Å². The monoisotopic (exact) mass is 359 g/mol. The molecule has 0 amide bonds. The number of nitriles is 1. The summed E-state index contributed by atoms with van der Waals surface area (Å²) in [6.45, 7) is 4.35. The third-order valence-electron chi connectivity index (χ3n) is 2.94. The van der Waals surface area contributed by atoms with Gasteiger partial charge in [0.15, 0.2) is 11.5 Å². The van der Waals surface area contributed by atoms with E-state index in [1.54, 1.807) is 7.11 Å². The zero-order valence-electron chi connectivity index (χ0n) is 12.0. The Hall–Kier alpha value is -0.920. The smallest absolute Gasteiger partial charge is 0.179 e. The molecule has 0 saturated carbocycles. The molecule has 0 radical (unpaired) electrons. The van der Waals surface area contributed by atoms with E-state index < -0.39 is 0 Å². The van der Waals surface area contributed by atoms with E-state index in [1.165, 1.54) is 0 Å². The molecule has 0 fully saturated rings. The Labute approximate surface area is 134 Å². The molecule has 1 aromatic rings. The second-order valence-corrected chi connectivity index (χ2v) is 6.16. The van der Waals surface area contributed by atoms with Crippen LogP contribution in [0.2, 0.25) is 5.02 Å². The summed E-state index contributed by atoms with van der Waals surface area (Å²) in [7, 11) is 1.59. The Morgan fingerprint density at radius 3 is 2.65 bits per heavy atom. The van der Waals surface area contributed by atoms with Crippen molar-refractivity contribution in [2.24, 2.45) is 5.41 Å². The predicted octanol–water partition coefficient (Wildman–Crippen LogP) is 4.95. The summed E-state index contributed by atoms with van der Waals surface area (Å²) in [5.41, 5.74) is 0.710. The highest BCUT2D eigenvalue weighted by atomic mass is 79.9. The fourth-order valence-electron chi connectivity index (χ4n) is 1.73. The number of hydrogen-bond donors (Lipinski definition) is 0. The Bertz CT molecular complexity index is 497. The van der Waals surface area contributed by atoms with Gasteiger partial charge in [0.05, 0.1) is 30.2 Å². The first kappa shape index (κ1) is 17.1. The van der Waals surface area contributed by atoms with E-state index in [9.17, 15) is 0 Å². The van der Waals surface area contributed by atoms with Crippen LogP contribution in [0.25, 0.3) is 0 Å². The molecule has 3 nitrogen and oxygen atoms in total. The van der Waals surface area contributed by atoms with Gasteiger partial charge < -0.3 is 9.47 Å². The molecule has 0 aromatic heterocycles. The quantitative estimate of drug-likeness (QED) is 0.510. The van der Waals surface area contributed by atoms with Crippen LogP contribution in [0.4, 0.5) is 0 Å². The molecule has 0 saturated heterocycles. The topological polar surface area (TPSA) is 42.2 Å². The average Bonchev–Trinajstić information content (AvgIpc) is 2.44. The van der Waals surface area contributed by atoms with Crippen molar-refractivity contribution in [2.75, 3.05) is 13.7 Å². The molecule has 0 aliphatic carbocycles. The first-order valence-electron chi connectivity index (χ1n) is 6.40. The molecule has 0 N–H and O–H groups in total. The summed E-state index contributed by atoms with van der Waals surface area (Å²) >= 11 is 9.60. The second-order valence-electron chi connectivity index (χ2n) is 5.19. The zero-order chi connectivity index (χ0) is 15.2. The fourth-order valence-corrected chi connectivity index (χ4v) is 2.35. The first-order chi connectivity index (χ1) is 9.43. The van der Waals surface area contributed by atoms with Crippen LogP contribution in [0.3, 0.4) is 0 Å². The lowest BCUT2D eigenvalue weighted by Gasteiger charge is -2.16. The number of ether oxygens (including phenoxy) is 2. The Morgan fingerprint density at radius 2 is 2.10 bits per heavy atom. The molecule has 5 heteroatoms. The maximum absolute atomic E-state index is 8.96. The van der Waals surface area contributed by atoms with Gasteiger partial charge in [-0.1, -0.05) is 27.5 Å². The molecule has 0 bridgehead atoms. The van der Waals surface area contributed by atoms with Crippen LogP contribution >= 0.6 is 27.5 Å². The van der Waals surface area contributed by atoms with Gasteiger partial charge in [-0.3, -0.25) is 0 Å². The van der Waals surface area contributed by atoms with E-state index >= 15 is 0 Å². The van der Waals surface area contributed by atoms with E-state index in [1.807, 2.05) is 26.0 Å². The molecule has 0 aliphatic rings. The predicted molar refractivity (Wildman–Crippen MR) is 84.8 cm³/mol. The van der Waals surface area contributed by atoms with Crippen LogP contribution < -0.4 is 9.47 Å². The summed E-state index contributed by atoms with van der Waals surface area (Å²) in [5, 5.41) is 10.2. The molecule has 0 heterocycles. The molecule has 110 valence electrons. The van der Waals surface area contributed by atoms with E-state index in [2.05, 4.69) is 22.0 Å². The molecule has 0 spiro atoms.